The van der Waals surface area contributed by atoms with Crippen LogP contribution in [0.3, 0.4) is 0 Å². The van der Waals surface area contributed by atoms with E-state index in [4.69, 9.17) is 14.7 Å². The van der Waals surface area contributed by atoms with Gasteiger partial charge in [-0.1, -0.05) is 68.1 Å². The molecule has 248 valence electrons. The third-order valence-electron chi connectivity index (χ3n) is 8.00. The molecule has 1 saturated heterocycles. The fraction of sp³-hybridized carbons (Fsp3) is 0.324. The molecule has 4 aromatic rings. The van der Waals surface area contributed by atoms with Gasteiger partial charge in [0, 0.05) is 17.8 Å². The van der Waals surface area contributed by atoms with Gasteiger partial charge in [0.1, 0.15) is 0 Å². The number of nitrogens with zero attached hydrogens (tertiary/aromatic N) is 2. The fourth-order valence-electron chi connectivity index (χ4n) is 5.56. The number of hydrogen-bond donors (Lipinski definition) is 2. The topological polar surface area (TPSA) is 96.5 Å². The number of alkyl halides is 6. The summed E-state index contributed by atoms with van der Waals surface area (Å²) in [5.74, 6) is 0. The molecule has 1 amide bonds. The van der Waals surface area contributed by atoms with Gasteiger partial charge in [0.25, 0.3) is 6.47 Å². The summed E-state index contributed by atoms with van der Waals surface area (Å²) in [6, 6.07) is 19.4. The highest BCUT2D eigenvalue weighted by Gasteiger charge is 2.54. The van der Waals surface area contributed by atoms with Crippen LogP contribution in [-0.4, -0.2) is 59.9 Å². The first-order valence-electron chi connectivity index (χ1n) is 14.3. The summed E-state index contributed by atoms with van der Waals surface area (Å²) >= 11 is 0. The Morgan fingerprint density at radius 2 is 1.48 bits per heavy atom. The van der Waals surface area contributed by atoms with Crippen molar-refractivity contribution in [3.63, 3.8) is 0 Å². The molecule has 3 aromatic carbocycles. The Balaban J connectivity index is 0.000000284. The van der Waals surface area contributed by atoms with Crippen LogP contribution in [0.25, 0.3) is 38.7 Å². The van der Waals surface area contributed by atoms with Crippen molar-refractivity contribution in [2.45, 2.75) is 45.5 Å². The number of halogens is 6. The van der Waals surface area contributed by atoms with Crippen molar-refractivity contribution >= 4 is 40.5 Å². The highest BCUT2D eigenvalue weighted by Crippen LogP contribution is 2.48. The lowest BCUT2D eigenvalue weighted by Gasteiger charge is -2.42. The Morgan fingerprint density at radius 1 is 0.913 bits per heavy atom. The molecule has 6 nitrogen and oxygen atoms in total. The molecule has 0 aliphatic carbocycles. The number of primary amides is 1. The van der Waals surface area contributed by atoms with Crippen molar-refractivity contribution in [3.8, 4) is 11.1 Å². The minimum Gasteiger partial charge on any atom is -0.483 e. The van der Waals surface area contributed by atoms with E-state index >= 15 is 0 Å². The summed E-state index contributed by atoms with van der Waals surface area (Å²) in [7, 11) is 0. The molecule has 2 heterocycles. The molecule has 1 aromatic heterocycles. The Bertz CT molecular complexity index is 1590. The van der Waals surface area contributed by atoms with E-state index in [9.17, 15) is 26.3 Å². The number of carboxylic acid groups (broad SMARTS) is 1. The maximum absolute atomic E-state index is 12.8. The van der Waals surface area contributed by atoms with Crippen LogP contribution in [0, 0.1) is 12.3 Å². The van der Waals surface area contributed by atoms with Gasteiger partial charge < -0.3 is 10.8 Å². The number of benzene rings is 3. The number of carbonyl (C=O) groups is 2. The van der Waals surface area contributed by atoms with Crippen LogP contribution in [0.15, 0.2) is 73.6 Å². The van der Waals surface area contributed by atoms with Crippen molar-refractivity contribution in [2.75, 3.05) is 19.6 Å². The lowest BCUT2D eigenvalue weighted by molar-refractivity contribution is -0.242. The monoisotopic (exact) mass is 649 g/mol. The largest absolute Gasteiger partial charge is 0.483 e. The van der Waals surface area contributed by atoms with E-state index in [-0.39, 0.29) is 45.2 Å². The highest BCUT2D eigenvalue weighted by molar-refractivity contribution is 6.07. The standard InChI is InChI=1S/C22H17N.C10H15F6N.CH3NO.CH2O2/c1-3-16-10-11-21(22-14-23-13-12-18(16)22)20-9-5-7-17-15(2)6-4-8-19(17)20;1-2-8(10(14,15)16)3-5-17(6-4-8)7-9(11,12)13;2*2-1-3/h3-14H,1H2,2H3;2-7H2,1H3;1H,(H2,2,3);1H,(H,2,3). The number of aryl methyl sites for hydroxylation is 1. The molecule has 0 unspecified atom stereocenters. The minimum atomic E-state index is -4.34. The average Bonchev–Trinajstić information content (AvgIpc) is 3.01. The number of carbonyl (C=O) groups excluding carboxylic acids is 1. The van der Waals surface area contributed by atoms with Crippen LogP contribution in [0.4, 0.5) is 26.3 Å². The molecule has 0 spiro atoms. The number of piperidine rings is 1. The van der Waals surface area contributed by atoms with E-state index in [0.717, 1.165) is 10.5 Å². The van der Waals surface area contributed by atoms with Crippen LogP contribution in [0.5, 0.6) is 0 Å². The van der Waals surface area contributed by atoms with Crippen molar-refractivity contribution in [1.82, 2.24) is 9.88 Å². The third-order valence-corrected chi connectivity index (χ3v) is 8.00. The Labute approximate surface area is 263 Å². The SMILES string of the molecule is C=Cc1ccc(-c2cccc3c(C)cccc23)c2cnccc12.CCC1(C(F)(F)F)CCN(CC(F)(F)F)CC1.NC=O.O=CO. The normalized spacial score (nSPS) is 14.4. The molecule has 1 fully saturated rings. The summed E-state index contributed by atoms with van der Waals surface area (Å²) in [6.45, 7) is 5.86. The van der Waals surface area contributed by atoms with Crippen molar-refractivity contribution in [1.29, 1.82) is 0 Å². The first-order valence-corrected chi connectivity index (χ1v) is 14.3. The van der Waals surface area contributed by atoms with Gasteiger partial charge in [0.05, 0.1) is 12.0 Å². The third kappa shape index (κ3) is 9.53. The fourth-order valence-corrected chi connectivity index (χ4v) is 5.56. The number of fused-ring (bicyclic) bond motifs is 2. The predicted molar refractivity (Wildman–Crippen MR) is 169 cm³/mol. The van der Waals surface area contributed by atoms with Gasteiger partial charge in [0.15, 0.2) is 0 Å². The molecular formula is C34H37F6N3O3. The Morgan fingerprint density at radius 3 is 2.02 bits per heavy atom. The summed E-state index contributed by atoms with van der Waals surface area (Å²) in [4.78, 5) is 22.3. The van der Waals surface area contributed by atoms with E-state index in [0.29, 0.717) is 0 Å². The van der Waals surface area contributed by atoms with Crippen LogP contribution >= 0.6 is 0 Å². The zero-order valence-corrected chi connectivity index (χ0v) is 25.5. The van der Waals surface area contributed by atoms with E-state index in [1.165, 1.54) is 45.2 Å². The first kappa shape index (κ1) is 37.7. The smallest absolute Gasteiger partial charge is 0.401 e. The predicted octanol–water partition coefficient (Wildman–Crippen LogP) is 8.41. The Kier molecular flexibility index (Phi) is 13.7. The maximum atomic E-state index is 12.8. The second-order valence-corrected chi connectivity index (χ2v) is 10.6. The number of aromatic nitrogens is 1. The number of nitrogens with two attached hydrogens (primary N) is 1. The first-order chi connectivity index (χ1) is 21.7. The van der Waals surface area contributed by atoms with Crippen molar-refractivity contribution < 1.29 is 41.0 Å². The molecule has 1 aliphatic heterocycles. The molecule has 5 rings (SSSR count). The molecule has 0 saturated carbocycles. The molecule has 0 atom stereocenters. The number of amides is 1. The lowest BCUT2D eigenvalue weighted by atomic mass is 9.75. The van der Waals surface area contributed by atoms with E-state index in [1.807, 2.05) is 18.5 Å². The van der Waals surface area contributed by atoms with Crippen LogP contribution in [-0.2, 0) is 9.59 Å². The molecule has 12 heteroatoms. The summed E-state index contributed by atoms with van der Waals surface area (Å²) in [5.41, 5.74) is 7.28. The molecule has 0 bridgehead atoms. The van der Waals surface area contributed by atoms with Gasteiger partial charge in [-0.05, 0) is 83.8 Å². The van der Waals surface area contributed by atoms with Gasteiger partial charge in [-0.3, -0.25) is 19.5 Å². The average molecular weight is 650 g/mol. The minimum absolute atomic E-state index is 0.0731. The van der Waals surface area contributed by atoms with Gasteiger partial charge in [0.2, 0.25) is 6.41 Å². The van der Waals surface area contributed by atoms with E-state index < -0.39 is 24.3 Å². The molecule has 0 radical (unpaired) electrons. The van der Waals surface area contributed by atoms with Crippen LogP contribution < -0.4 is 5.73 Å². The van der Waals surface area contributed by atoms with E-state index in [2.05, 4.69) is 78.8 Å². The van der Waals surface area contributed by atoms with Gasteiger partial charge >= 0.3 is 12.4 Å². The van der Waals surface area contributed by atoms with Gasteiger partial charge in [-0.15, -0.1) is 0 Å². The molecule has 1 aliphatic rings. The maximum Gasteiger partial charge on any atom is 0.401 e. The van der Waals surface area contributed by atoms with Gasteiger partial charge in [-0.2, -0.15) is 26.3 Å². The quantitative estimate of drug-likeness (QED) is 0.171. The summed E-state index contributed by atoms with van der Waals surface area (Å²) in [5, 5.41) is 11.8. The molecule has 3 N–H and O–H groups in total. The lowest BCUT2D eigenvalue weighted by Crippen LogP contribution is -2.49. The number of rotatable bonds is 4. The molecule has 46 heavy (non-hydrogen) atoms. The zero-order chi connectivity index (χ0) is 34.5. The van der Waals surface area contributed by atoms with Crippen LogP contribution in [0.2, 0.25) is 0 Å². The number of likely N-dealkylation sites (tertiary alicyclic amines) is 1. The Hall–Kier alpha value is -4.45. The summed E-state index contributed by atoms with van der Waals surface area (Å²) in [6.07, 6.45) is -3.29. The van der Waals surface area contributed by atoms with Crippen LogP contribution in [0.1, 0.15) is 37.3 Å². The van der Waals surface area contributed by atoms with E-state index in [1.54, 1.807) is 0 Å². The number of pyridine rings is 1. The second-order valence-electron chi connectivity index (χ2n) is 10.6. The van der Waals surface area contributed by atoms with Crippen molar-refractivity contribution in [3.05, 3.63) is 84.7 Å². The second kappa shape index (κ2) is 16.7. The number of hydrogen-bond acceptors (Lipinski definition) is 4. The van der Waals surface area contributed by atoms with Crippen molar-refractivity contribution in [2.24, 2.45) is 11.1 Å². The molecular weight excluding hydrogens is 612 g/mol. The van der Waals surface area contributed by atoms with Gasteiger partial charge in [-0.25, -0.2) is 0 Å². The summed E-state index contributed by atoms with van der Waals surface area (Å²) < 4.78 is 74.7. The zero-order valence-electron chi connectivity index (χ0n) is 25.5. The highest BCUT2D eigenvalue weighted by atomic mass is 19.4.